The second-order valence-corrected chi connectivity index (χ2v) is 5.89. The number of nitrogens with zero attached hydrogens (tertiary/aromatic N) is 5. The highest BCUT2D eigenvalue weighted by molar-refractivity contribution is 5.84. The van der Waals surface area contributed by atoms with Gasteiger partial charge in [0.05, 0.1) is 23.9 Å². The lowest BCUT2D eigenvalue weighted by Crippen LogP contribution is -2.07. The molecule has 0 amide bonds. The molecule has 0 spiro atoms. The van der Waals surface area contributed by atoms with Gasteiger partial charge in [-0.05, 0) is 24.3 Å². The fourth-order valence-electron chi connectivity index (χ4n) is 2.83. The van der Waals surface area contributed by atoms with Gasteiger partial charge in [-0.3, -0.25) is 0 Å². The molecule has 0 unspecified atom stereocenters. The van der Waals surface area contributed by atoms with Crippen molar-refractivity contribution in [2.24, 2.45) is 0 Å². The zero-order valence-electron chi connectivity index (χ0n) is 14.1. The average Bonchev–Trinajstić information content (AvgIpc) is 3.33. The van der Waals surface area contributed by atoms with Gasteiger partial charge in [0.2, 0.25) is 5.95 Å². The molecule has 0 aliphatic heterocycles. The number of hydrogen-bond donors (Lipinski definition) is 4. The van der Waals surface area contributed by atoms with Crippen molar-refractivity contribution in [3.63, 3.8) is 0 Å². The minimum absolute atomic E-state index is 0.417. The highest BCUT2D eigenvalue weighted by atomic mass is 15.2. The van der Waals surface area contributed by atoms with Crippen molar-refractivity contribution < 1.29 is 0 Å². The molecule has 27 heavy (non-hydrogen) atoms. The number of pyridine rings is 1. The second kappa shape index (κ2) is 6.37. The van der Waals surface area contributed by atoms with Crippen molar-refractivity contribution in [1.82, 2.24) is 34.9 Å². The Hall–Kier alpha value is -4.01. The molecule has 4 aromatic heterocycles. The van der Waals surface area contributed by atoms with E-state index in [4.69, 9.17) is 0 Å². The number of benzene rings is 1. The standard InChI is InChI=1S/C18H15N9/c1-2-6-12-11(5-1)23-14(24-12)9-20-16-15-17(22-10-21-15)27-18(26-16)25-13-7-3-4-8-19-13/h1-8,10H,9H2,(H,23,24)(H3,19,20,21,22,25,26,27). The molecule has 0 saturated heterocycles. The maximum Gasteiger partial charge on any atom is 0.232 e. The summed E-state index contributed by atoms with van der Waals surface area (Å²) in [4.78, 5) is 28.4. The van der Waals surface area contributed by atoms with E-state index in [1.54, 1.807) is 12.5 Å². The van der Waals surface area contributed by atoms with Crippen LogP contribution >= 0.6 is 0 Å². The number of imidazole rings is 2. The van der Waals surface area contributed by atoms with Gasteiger partial charge in [0, 0.05) is 6.20 Å². The molecule has 9 nitrogen and oxygen atoms in total. The third-order valence-electron chi connectivity index (χ3n) is 4.05. The van der Waals surface area contributed by atoms with Crippen LogP contribution in [0.2, 0.25) is 0 Å². The Labute approximate surface area is 153 Å². The molecule has 4 heterocycles. The van der Waals surface area contributed by atoms with Crippen LogP contribution in [0.4, 0.5) is 17.6 Å². The molecule has 132 valence electrons. The summed E-state index contributed by atoms with van der Waals surface area (Å²) in [5.41, 5.74) is 3.23. The van der Waals surface area contributed by atoms with Crippen LogP contribution in [0.15, 0.2) is 55.0 Å². The van der Waals surface area contributed by atoms with Crippen LogP contribution in [0.3, 0.4) is 0 Å². The molecule has 0 fully saturated rings. The number of H-pyrrole nitrogens is 2. The normalized spacial score (nSPS) is 11.1. The van der Waals surface area contributed by atoms with Gasteiger partial charge in [0.1, 0.15) is 17.2 Å². The van der Waals surface area contributed by atoms with Crippen molar-refractivity contribution in [3.05, 3.63) is 60.8 Å². The molecule has 4 N–H and O–H groups in total. The zero-order valence-corrected chi connectivity index (χ0v) is 14.1. The van der Waals surface area contributed by atoms with Crippen LogP contribution in [0, 0.1) is 0 Å². The lowest BCUT2D eigenvalue weighted by molar-refractivity contribution is 0.997. The first-order valence-corrected chi connectivity index (χ1v) is 8.42. The molecule has 0 radical (unpaired) electrons. The Balaban J connectivity index is 1.43. The minimum atomic E-state index is 0.417. The number of nitrogens with one attached hydrogen (secondary N) is 4. The summed E-state index contributed by atoms with van der Waals surface area (Å²) in [6, 6.07) is 13.5. The van der Waals surface area contributed by atoms with E-state index in [9.17, 15) is 0 Å². The number of hydrogen-bond acceptors (Lipinski definition) is 7. The molecule has 5 aromatic rings. The maximum atomic E-state index is 4.57. The summed E-state index contributed by atoms with van der Waals surface area (Å²) in [5, 5.41) is 6.40. The number of fused-ring (bicyclic) bond motifs is 2. The lowest BCUT2D eigenvalue weighted by Gasteiger charge is -2.08. The summed E-state index contributed by atoms with van der Waals surface area (Å²) in [5.74, 6) is 2.54. The molecule has 0 bridgehead atoms. The zero-order chi connectivity index (χ0) is 18.1. The van der Waals surface area contributed by atoms with Crippen molar-refractivity contribution in [2.45, 2.75) is 6.54 Å². The van der Waals surface area contributed by atoms with E-state index >= 15 is 0 Å². The molecule has 0 atom stereocenters. The summed E-state index contributed by atoms with van der Waals surface area (Å²) >= 11 is 0. The van der Waals surface area contributed by atoms with Crippen LogP contribution in [0.25, 0.3) is 22.2 Å². The van der Waals surface area contributed by atoms with E-state index in [0.29, 0.717) is 29.8 Å². The van der Waals surface area contributed by atoms with E-state index < -0.39 is 0 Å². The summed E-state index contributed by atoms with van der Waals surface area (Å²) in [6.45, 7) is 0.489. The summed E-state index contributed by atoms with van der Waals surface area (Å²) in [6.07, 6.45) is 3.30. The van der Waals surface area contributed by atoms with E-state index in [1.807, 2.05) is 42.5 Å². The fourth-order valence-corrected chi connectivity index (χ4v) is 2.83. The first-order valence-electron chi connectivity index (χ1n) is 8.42. The Bertz CT molecular complexity index is 1180. The SMILES string of the molecule is c1ccc(Nc2nc(NCc3nc4ccccc4[nH]3)c3[nH]cnc3n2)nc1. The third kappa shape index (κ3) is 3.01. The topological polar surface area (TPSA) is 120 Å². The number of anilines is 3. The van der Waals surface area contributed by atoms with Gasteiger partial charge in [0.25, 0.3) is 0 Å². The van der Waals surface area contributed by atoms with Gasteiger partial charge < -0.3 is 20.6 Å². The summed E-state index contributed by atoms with van der Waals surface area (Å²) in [7, 11) is 0. The Morgan fingerprint density at radius 3 is 2.74 bits per heavy atom. The van der Waals surface area contributed by atoms with Gasteiger partial charge in [-0.25, -0.2) is 15.0 Å². The molecular weight excluding hydrogens is 342 g/mol. The molecule has 1 aromatic carbocycles. The van der Waals surface area contributed by atoms with Crippen LogP contribution < -0.4 is 10.6 Å². The predicted octanol–water partition coefficient (Wildman–Crippen LogP) is 2.98. The van der Waals surface area contributed by atoms with Gasteiger partial charge in [-0.15, -0.1) is 0 Å². The number of rotatable bonds is 5. The highest BCUT2D eigenvalue weighted by Crippen LogP contribution is 2.21. The quantitative estimate of drug-likeness (QED) is 0.382. The largest absolute Gasteiger partial charge is 0.361 e. The number of aromatic nitrogens is 7. The van der Waals surface area contributed by atoms with Gasteiger partial charge in [-0.2, -0.15) is 9.97 Å². The molecule has 9 heteroatoms. The van der Waals surface area contributed by atoms with E-state index in [-0.39, 0.29) is 0 Å². The number of aromatic amines is 2. The van der Waals surface area contributed by atoms with Crippen molar-refractivity contribution >= 4 is 39.8 Å². The Morgan fingerprint density at radius 1 is 0.926 bits per heavy atom. The second-order valence-electron chi connectivity index (χ2n) is 5.89. The minimum Gasteiger partial charge on any atom is -0.361 e. The van der Waals surface area contributed by atoms with Gasteiger partial charge in [-0.1, -0.05) is 18.2 Å². The lowest BCUT2D eigenvalue weighted by atomic mass is 10.3. The monoisotopic (exact) mass is 357 g/mol. The Kier molecular flexibility index (Phi) is 3.60. The van der Waals surface area contributed by atoms with Crippen LogP contribution in [0.5, 0.6) is 0 Å². The molecule has 0 saturated carbocycles. The molecule has 5 rings (SSSR count). The first-order chi connectivity index (χ1) is 13.3. The number of para-hydroxylation sites is 2. The molecule has 0 aliphatic carbocycles. The van der Waals surface area contributed by atoms with E-state index in [0.717, 1.165) is 22.4 Å². The molecule has 0 aliphatic rings. The predicted molar refractivity (Wildman–Crippen MR) is 103 cm³/mol. The third-order valence-corrected chi connectivity index (χ3v) is 4.05. The van der Waals surface area contributed by atoms with E-state index in [2.05, 4.69) is 45.5 Å². The van der Waals surface area contributed by atoms with Gasteiger partial charge >= 0.3 is 0 Å². The highest BCUT2D eigenvalue weighted by Gasteiger charge is 2.11. The maximum absolute atomic E-state index is 4.57. The van der Waals surface area contributed by atoms with Crippen LogP contribution in [0.1, 0.15) is 5.82 Å². The first kappa shape index (κ1) is 15.3. The Morgan fingerprint density at radius 2 is 1.85 bits per heavy atom. The summed E-state index contributed by atoms with van der Waals surface area (Å²) < 4.78 is 0. The van der Waals surface area contributed by atoms with Crippen LogP contribution in [-0.4, -0.2) is 34.9 Å². The van der Waals surface area contributed by atoms with Crippen molar-refractivity contribution in [3.8, 4) is 0 Å². The molecular formula is C18H15N9. The van der Waals surface area contributed by atoms with Crippen LogP contribution in [-0.2, 0) is 6.54 Å². The fraction of sp³-hybridized carbons (Fsp3) is 0.0556. The smallest absolute Gasteiger partial charge is 0.232 e. The average molecular weight is 357 g/mol. The van der Waals surface area contributed by atoms with Gasteiger partial charge in [0.15, 0.2) is 11.5 Å². The van der Waals surface area contributed by atoms with Crippen molar-refractivity contribution in [1.29, 1.82) is 0 Å². The van der Waals surface area contributed by atoms with Crippen molar-refractivity contribution in [2.75, 3.05) is 10.6 Å². The van der Waals surface area contributed by atoms with E-state index in [1.165, 1.54) is 0 Å².